The fourth-order valence-corrected chi connectivity index (χ4v) is 5.64. The van der Waals surface area contributed by atoms with Crippen molar-refractivity contribution in [2.24, 2.45) is 7.05 Å². The summed E-state index contributed by atoms with van der Waals surface area (Å²) in [5.74, 6) is -0.0431. The number of rotatable bonds is 6. The minimum atomic E-state index is -0.0431. The van der Waals surface area contributed by atoms with Crippen molar-refractivity contribution < 1.29 is 4.79 Å². The number of carbonyl (C=O) groups is 1. The van der Waals surface area contributed by atoms with Crippen LogP contribution in [0.3, 0.4) is 0 Å². The van der Waals surface area contributed by atoms with E-state index in [2.05, 4.69) is 53.4 Å². The van der Waals surface area contributed by atoms with E-state index in [-0.39, 0.29) is 11.9 Å². The lowest BCUT2D eigenvalue weighted by Gasteiger charge is -2.39. The van der Waals surface area contributed by atoms with Crippen LogP contribution in [0.15, 0.2) is 109 Å². The quantitative estimate of drug-likeness (QED) is 0.265. The van der Waals surface area contributed by atoms with Gasteiger partial charge in [0.15, 0.2) is 0 Å². The van der Waals surface area contributed by atoms with Crippen molar-refractivity contribution in [3.05, 3.63) is 131 Å². The van der Waals surface area contributed by atoms with E-state index in [0.29, 0.717) is 29.5 Å². The Bertz CT molecular complexity index is 1530. The van der Waals surface area contributed by atoms with Crippen LogP contribution >= 0.6 is 11.6 Å². The Labute approximate surface area is 233 Å². The predicted octanol–water partition coefficient (Wildman–Crippen LogP) is 6.08. The molecule has 6 nitrogen and oxygen atoms in total. The third-order valence-electron chi connectivity index (χ3n) is 7.41. The highest BCUT2D eigenvalue weighted by molar-refractivity contribution is 6.32. The zero-order valence-electron chi connectivity index (χ0n) is 21.8. The van der Waals surface area contributed by atoms with E-state index in [9.17, 15) is 4.79 Å². The van der Waals surface area contributed by atoms with E-state index in [4.69, 9.17) is 16.7 Å². The summed E-state index contributed by atoms with van der Waals surface area (Å²) in [5, 5.41) is 5.38. The molecule has 1 aliphatic heterocycles. The standard InChI is InChI=1S/C32H30ClN5O/c1-35-18-10-17-29(35)27-23-30(38(34-27)28-16-9-8-15-26(28)33)32(39)37-21-19-36(20-22-37)31(24-11-4-2-5-12-24)25-13-6-3-7-14-25/h2-18,23,31H,19-22H2,1H3. The van der Waals surface area contributed by atoms with Gasteiger partial charge in [-0.25, -0.2) is 4.68 Å². The SMILES string of the molecule is Cn1cccc1-c1cc(C(=O)N2CCN(C(c3ccccc3)c3ccccc3)CC2)n(-c2ccccc2Cl)n1. The third-order valence-corrected chi connectivity index (χ3v) is 7.73. The Morgan fingerprint density at radius 3 is 2.00 bits per heavy atom. The summed E-state index contributed by atoms with van der Waals surface area (Å²) >= 11 is 6.56. The molecule has 0 unspecified atom stereocenters. The highest BCUT2D eigenvalue weighted by Crippen LogP contribution is 2.31. The van der Waals surface area contributed by atoms with Crippen LogP contribution < -0.4 is 0 Å². The molecule has 1 fully saturated rings. The molecule has 7 heteroatoms. The zero-order chi connectivity index (χ0) is 26.8. The zero-order valence-corrected chi connectivity index (χ0v) is 22.6. The van der Waals surface area contributed by atoms with Crippen LogP contribution in [0.25, 0.3) is 17.1 Å². The Morgan fingerprint density at radius 2 is 1.41 bits per heavy atom. The van der Waals surface area contributed by atoms with Crippen molar-refractivity contribution in [2.45, 2.75) is 6.04 Å². The van der Waals surface area contributed by atoms with E-state index < -0.39 is 0 Å². The molecule has 39 heavy (non-hydrogen) atoms. The van der Waals surface area contributed by atoms with Crippen molar-refractivity contribution >= 4 is 17.5 Å². The molecule has 2 aromatic heterocycles. The fourth-order valence-electron chi connectivity index (χ4n) is 5.42. The Balaban J connectivity index is 1.28. The molecule has 3 heterocycles. The number of aromatic nitrogens is 3. The molecular weight excluding hydrogens is 506 g/mol. The number of amides is 1. The van der Waals surface area contributed by atoms with Gasteiger partial charge in [-0.2, -0.15) is 5.10 Å². The van der Waals surface area contributed by atoms with Gasteiger partial charge in [-0.3, -0.25) is 9.69 Å². The number of piperazine rings is 1. The summed E-state index contributed by atoms with van der Waals surface area (Å²) < 4.78 is 3.69. The lowest BCUT2D eigenvalue weighted by molar-refractivity contribution is 0.0589. The number of carbonyl (C=O) groups excluding carboxylic acids is 1. The second-order valence-electron chi connectivity index (χ2n) is 9.83. The van der Waals surface area contributed by atoms with Gasteiger partial charge in [0.1, 0.15) is 11.4 Å². The van der Waals surface area contributed by atoms with Crippen molar-refractivity contribution in [1.29, 1.82) is 0 Å². The topological polar surface area (TPSA) is 46.3 Å². The molecule has 196 valence electrons. The highest BCUT2D eigenvalue weighted by Gasteiger charge is 2.30. The van der Waals surface area contributed by atoms with E-state index in [0.717, 1.165) is 24.5 Å². The van der Waals surface area contributed by atoms with Gasteiger partial charge in [-0.05, 0) is 41.5 Å². The maximum absolute atomic E-state index is 14.0. The Kier molecular flexibility index (Phi) is 7.05. The van der Waals surface area contributed by atoms with Gasteiger partial charge in [0, 0.05) is 39.4 Å². The first-order chi connectivity index (χ1) is 19.1. The molecule has 1 saturated heterocycles. The molecule has 0 bridgehead atoms. The Hall–Kier alpha value is -4.13. The predicted molar refractivity (Wildman–Crippen MR) is 155 cm³/mol. The molecule has 1 amide bonds. The summed E-state index contributed by atoms with van der Waals surface area (Å²) in [6.45, 7) is 2.79. The van der Waals surface area contributed by atoms with Gasteiger partial charge in [0.2, 0.25) is 0 Å². The maximum atomic E-state index is 14.0. The van der Waals surface area contributed by atoms with Crippen molar-refractivity contribution in [3.8, 4) is 17.1 Å². The summed E-state index contributed by atoms with van der Waals surface area (Å²) in [4.78, 5) is 18.4. The molecule has 0 N–H and O–H groups in total. The first kappa shape index (κ1) is 25.2. The van der Waals surface area contributed by atoms with Gasteiger partial charge >= 0.3 is 0 Å². The van der Waals surface area contributed by atoms with Crippen molar-refractivity contribution in [2.75, 3.05) is 26.2 Å². The van der Waals surface area contributed by atoms with Crippen molar-refractivity contribution in [3.63, 3.8) is 0 Å². The van der Waals surface area contributed by atoms with Crippen LogP contribution in [0, 0.1) is 0 Å². The number of aryl methyl sites for hydroxylation is 1. The minimum absolute atomic E-state index is 0.0431. The van der Waals surface area contributed by atoms with E-state index in [1.54, 1.807) is 4.68 Å². The number of para-hydroxylation sites is 1. The average molecular weight is 536 g/mol. The van der Waals surface area contributed by atoms with E-state index in [1.807, 2.05) is 77.3 Å². The largest absolute Gasteiger partial charge is 0.349 e. The number of hydrogen-bond donors (Lipinski definition) is 0. The lowest BCUT2D eigenvalue weighted by atomic mass is 9.96. The maximum Gasteiger partial charge on any atom is 0.272 e. The lowest BCUT2D eigenvalue weighted by Crippen LogP contribution is -2.50. The highest BCUT2D eigenvalue weighted by atomic mass is 35.5. The van der Waals surface area contributed by atoms with Crippen LogP contribution in [0.4, 0.5) is 0 Å². The fraction of sp³-hybridized carbons (Fsp3) is 0.188. The van der Waals surface area contributed by atoms with Gasteiger partial charge in [-0.1, -0.05) is 84.4 Å². The molecule has 0 saturated carbocycles. The molecular formula is C32H30ClN5O. The molecule has 6 rings (SSSR count). The van der Waals surface area contributed by atoms with Crippen LogP contribution in [0.2, 0.25) is 5.02 Å². The molecule has 0 spiro atoms. The van der Waals surface area contributed by atoms with Gasteiger partial charge in [0.25, 0.3) is 5.91 Å². The molecule has 0 atom stereocenters. The molecule has 0 radical (unpaired) electrons. The second kappa shape index (κ2) is 10.9. The van der Waals surface area contributed by atoms with E-state index in [1.165, 1.54) is 11.1 Å². The third kappa shape index (κ3) is 5.01. The number of hydrogen-bond acceptors (Lipinski definition) is 3. The van der Waals surface area contributed by atoms with Crippen LogP contribution in [-0.4, -0.2) is 56.2 Å². The minimum Gasteiger partial charge on any atom is -0.349 e. The summed E-state index contributed by atoms with van der Waals surface area (Å²) in [6, 6.07) is 34.7. The van der Waals surface area contributed by atoms with Gasteiger partial charge < -0.3 is 9.47 Å². The van der Waals surface area contributed by atoms with Gasteiger partial charge in [-0.15, -0.1) is 0 Å². The average Bonchev–Trinajstić information content (AvgIpc) is 3.61. The smallest absolute Gasteiger partial charge is 0.272 e. The van der Waals surface area contributed by atoms with Crippen LogP contribution in [-0.2, 0) is 7.05 Å². The van der Waals surface area contributed by atoms with E-state index >= 15 is 0 Å². The normalized spacial score (nSPS) is 14.2. The molecule has 3 aromatic carbocycles. The van der Waals surface area contributed by atoms with Crippen LogP contribution in [0.5, 0.6) is 0 Å². The molecule has 0 aliphatic carbocycles. The first-order valence-corrected chi connectivity index (χ1v) is 13.6. The number of benzene rings is 3. The summed E-state index contributed by atoms with van der Waals surface area (Å²) in [6.07, 6.45) is 1.97. The van der Waals surface area contributed by atoms with Gasteiger partial charge in [0.05, 0.1) is 22.4 Å². The van der Waals surface area contributed by atoms with Crippen LogP contribution in [0.1, 0.15) is 27.7 Å². The Morgan fingerprint density at radius 1 is 0.795 bits per heavy atom. The molecule has 1 aliphatic rings. The monoisotopic (exact) mass is 535 g/mol. The second-order valence-corrected chi connectivity index (χ2v) is 10.2. The van der Waals surface area contributed by atoms with Crippen molar-refractivity contribution in [1.82, 2.24) is 24.1 Å². The summed E-state index contributed by atoms with van der Waals surface area (Å²) in [7, 11) is 1.97. The number of halogens is 1. The summed E-state index contributed by atoms with van der Waals surface area (Å²) in [5.41, 5.74) is 5.39. The number of nitrogens with zero attached hydrogens (tertiary/aromatic N) is 5. The molecule has 5 aromatic rings. The first-order valence-electron chi connectivity index (χ1n) is 13.2.